The first-order valence-corrected chi connectivity index (χ1v) is 5.50. The summed E-state index contributed by atoms with van der Waals surface area (Å²) < 4.78 is 1.09. The van der Waals surface area contributed by atoms with Gasteiger partial charge in [0.15, 0.2) is 0 Å². The number of rotatable bonds is 4. The molecule has 1 aromatic rings. The number of aliphatic hydroxyl groups is 1. The van der Waals surface area contributed by atoms with Crippen LogP contribution in [-0.4, -0.2) is 17.8 Å². The Hall–Kier alpha value is 0.1000. The summed E-state index contributed by atoms with van der Waals surface area (Å²) in [5.74, 6) is 0. The van der Waals surface area contributed by atoms with Crippen molar-refractivity contribution in [3.05, 3.63) is 20.8 Å². The third-order valence-corrected chi connectivity index (χ3v) is 3.28. The molecule has 4 heteroatoms. The van der Waals surface area contributed by atoms with Crippen LogP contribution >= 0.6 is 27.3 Å². The second-order valence-corrected chi connectivity index (χ2v) is 4.58. The molecule has 68 valence electrons. The van der Waals surface area contributed by atoms with Crippen LogP contribution in [0, 0.1) is 0 Å². The van der Waals surface area contributed by atoms with Crippen LogP contribution < -0.4 is 5.73 Å². The van der Waals surface area contributed by atoms with Gasteiger partial charge in [-0.2, -0.15) is 0 Å². The predicted molar refractivity (Wildman–Crippen MR) is 55.4 cm³/mol. The van der Waals surface area contributed by atoms with Crippen LogP contribution in [0.1, 0.15) is 11.3 Å². The lowest BCUT2D eigenvalue weighted by atomic mass is 10.1. The van der Waals surface area contributed by atoms with Gasteiger partial charge >= 0.3 is 0 Å². The Kier molecular flexibility index (Phi) is 4.21. The molecule has 0 fully saturated rings. The molecule has 0 aliphatic carbocycles. The van der Waals surface area contributed by atoms with Crippen molar-refractivity contribution in [2.75, 3.05) is 6.54 Å². The Morgan fingerprint density at radius 2 is 2.42 bits per heavy atom. The normalized spacial score (nSPS) is 13.2. The highest BCUT2D eigenvalue weighted by atomic mass is 79.9. The van der Waals surface area contributed by atoms with E-state index in [9.17, 15) is 5.11 Å². The molecule has 0 aliphatic rings. The summed E-state index contributed by atoms with van der Waals surface area (Å²) in [6, 6.07) is 2.03. The van der Waals surface area contributed by atoms with Gasteiger partial charge in [0.1, 0.15) is 0 Å². The average molecular weight is 250 g/mol. The van der Waals surface area contributed by atoms with E-state index in [2.05, 4.69) is 15.9 Å². The first-order chi connectivity index (χ1) is 5.72. The lowest BCUT2D eigenvalue weighted by Gasteiger charge is -2.05. The maximum absolute atomic E-state index is 9.42. The molecule has 0 saturated carbocycles. The molecular weight excluding hydrogens is 238 g/mol. The van der Waals surface area contributed by atoms with Crippen LogP contribution in [0.3, 0.4) is 0 Å². The summed E-state index contributed by atoms with van der Waals surface area (Å²) in [5.41, 5.74) is 5.32. The van der Waals surface area contributed by atoms with Gasteiger partial charge in [0.05, 0.1) is 6.10 Å². The highest BCUT2D eigenvalue weighted by Crippen LogP contribution is 2.21. The lowest BCUT2D eigenvalue weighted by Crippen LogP contribution is -2.15. The minimum atomic E-state index is -0.291. The zero-order valence-electron chi connectivity index (χ0n) is 6.66. The summed E-state index contributed by atoms with van der Waals surface area (Å²) in [6.07, 6.45) is 1.10. The van der Waals surface area contributed by atoms with E-state index in [1.807, 2.05) is 11.4 Å². The first-order valence-electron chi connectivity index (χ1n) is 3.83. The van der Waals surface area contributed by atoms with Crippen molar-refractivity contribution in [3.63, 3.8) is 0 Å². The van der Waals surface area contributed by atoms with E-state index < -0.39 is 0 Å². The SMILES string of the molecule is NCCC(O)Cc1cc(Br)cs1. The minimum Gasteiger partial charge on any atom is -0.393 e. The number of halogens is 1. The lowest BCUT2D eigenvalue weighted by molar-refractivity contribution is 0.168. The second-order valence-electron chi connectivity index (χ2n) is 2.67. The Morgan fingerprint density at radius 3 is 2.92 bits per heavy atom. The fraction of sp³-hybridized carbons (Fsp3) is 0.500. The van der Waals surface area contributed by atoms with E-state index in [0.717, 1.165) is 4.47 Å². The highest BCUT2D eigenvalue weighted by Gasteiger charge is 2.05. The monoisotopic (exact) mass is 249 g/mol. The zero-order valence-corrected chi connectivity index (χ0v) is 9.07. The average Bonchev–Trinajstić information content (AvgIpc) is 2.36. The molecule has 0 spiro atoms. The molecule has 0 radical (unpaired) electrons. The van der Waals surface area contributed by atoms with Crippen molar-refractivity contribution in [2.24, 2.45) is 5.73 Å². The van der Waals surface area contributed by atoms with Gasteiger partial charge in [-0.1, -0.05) is 0 Å². The summed E-state index contributed by atoms with van der Waals surface area (Å²) in [7, 11) is 0. The summed E-state index contributed by atoms with van der Waals surface area (Å²) in [4.78, 5) is 1.20. The van der Waals surface area contributed by atoms with Crippen LogP contribution in [0.25, 0.3) is 0 Å². The van der Waals surface area contributed by atoms with E-state index >= 15 is 0 Å². The molecule has 0 aliphatic heterocycles. The molecule has 0 bridgehead atoms. The van der Waals surface area contributed by atoms with E-state index in [4.69, 9.17) is 5.73 Å². The third kappa shape index (κ3) is 3.23. The maximum Gasteiger partial charge on any atom is 0.0600 e. The molecule has 3 N–H and O–H groups in total. The standard InChI is InChI=1S/C8H12BrNOS/c9-6-3-8(12-5-6)4-7(11)1-2-10/h3,5,7,11H,1-2,4,10H2. The van der Waals surface area contributed by atoms with Gasteiger partial charge in [0.2, 0.25) is 0 Å². The number of hydrogen-bond donors (Lipinski definition) is 2. The van der Waals surface area contributed by atoms with Crippen molar-refractivity contribution in [1.82, 2.24) is 0 Å². The van der Waals surface area contributed by atoms with E-state index in [1.165, 1.54) is 4.88 Å². The molecule has 1 atom stereocenters. The van der Waals surface area contributed by atoms with E-state index in [0.29, 0.717) is 19.4 Å². The van der Waals surface area contributed by atoms with E-state index in [1.54, 1.807) is 11.3 Å². The van der Waals surface area contributed by atoms with Crippen molar-refractivity contribution in [2.45, 2.75) is 18.9 Å². The Morgan fingerprint density at radius 1 is 1.67 bits per heavy atom. The van der Waals surface area contributed by atoms with Crippen LogP contribution in [0.5, 0.6) is 0 Å². The highest BCUT2D eigenvalue weighted by molar-refractivity contribution is 9.10. The third-order valence-electron chi connectivity index (χ3n) is 1.56. The van der Waals surface area contributed by atoms with Crippen LogP contribution in [0.15, 0.2) is 15.9 Å². The summed E-state index contributed by atoms with van der Waals surface area (Å²) in [6.45, 7) is 0.549. The largest absolute Gasteiger partial charge is 0.393 e. The fourth-order valence-corrected chi connectivity index (χ4v) is 2.51. The topological polar surface area (TPSA) is 46.2 Å². The van der Waals surface area contributed by atoms with Crippen molar-refractivity contribution in [1.29, 1.82) is 0 Å². The van der Waals surface area contributed by atoms with Gasteiger partial charge in [0, 0.05) is 21.2 Å². The number of aliphatic hydroxyl groups excluding tert-OH is 1. The molecule has 0 amide bonds. The fourth-order valence-electron chi connectivity index (χ4n) is 0.988. The van der Waals surface area contributed by atoms with Gasteiger partial charge in [-0.05, 0) is 35.0 Å². The van der Waals surface area contributed by atoms with Crippen molar-refractivity contribution in [3.8, 4) is 0 Å². The number of thiophene rings is 1. The van der Waals surface area contributed by atoms with Gasteiger partial charge in [-0.15, -0.1) is 11.3 Å². The molecule has 0 aromatic carbocycles. The molecule has 1 rings (SSSR count). The zero-order chi connectivity index (χ0) is 8.97. The Labute approximate surface area is 84.5 Å². The second kappa shape index (κ2) is 4.97. The van der Waals surface area contributed by atoms with Gasteiger partial charge in [0.25, 0.3) is 0 Å². The predicted octanol–water partition coefficient (Wildman–Crippen LogP) is 1.76. The molecular formula is C8H12BrNOS. The van der Waals surface area contributed by atoms with Crippen LogP contribution in [0.4, 0.5) is 0 Å². The summed E-state index contributed by atoms with van der Waals surface area (Å²) in [5, 5.41) is 11.4. The van der Waals surface area contributed by atoms with Crippen molar-refractivity contribution >= 4 is 27.3 Å². The molecule has 1 unspecified atom stereocenters. The minimum absolute atomic E-state index is 0.291. The van der Waals surface area contributed by atoms with E-state index in [-0.39, 0.29) is 6.10 Å². The number of nitrogens with two attached hydrogens (primary N) is 1. The van der Waals surface area contributed by atoms with Crippen LogP contribution in [-0.2, 0) is 6.42 Å². The number of hydrogen-bond acceptors (Lipinski definition) is 3. The molecule has 1 aromatic heterocycles. The molecule has 12 heavy (non-hydrogen) atoms. The quantitative estimate of drug-likeness (QED) is 0.855. The molecule has 2 nitrogen and oxygen atoms in total. The molecule has 0 saturated heterocycles. The first kappa shape index (κ1) is 10.2. The Bertz CT molecular complexity index is 239. The summed E-state index contributed by atoms with van der Waals surface area (Å²) >= 11 is 5.02. The van der Waals surface area contributed by atoms with Gasteiger partial charge in [-0.3, -0.25) is 0 Å². The molecule has 1 heterocycles. The van der Waals surface area contributed by atoms with Crippen molar-refractivity contribution < 1.29 is 5.11 Å². The Balaban J connectivity index is 2.41. The van der Waals surface area contributed by atoms with Gasteiger partial charge < -0.3 is 10.8 Å². The van der Waals surface area contributed by atoms with Crippen LogP contribution in [0.2, 0.25) is 0 Å². The van der Waals surface area contributed by atoms with Gasteiger partial charge in [-0.25, -0.2) is 0 Å². The maximum atomic E-state index is 9.42. The smallest absolute Gasteiger partial charge is 0.0600 e.